The van der Waals surface area contributed by atoms with Gasteiger partial charge in [-0.15, -0.1) is 0 Å². The van der Waals surface area contributed by atoms with E-state index in [-0.39, 0.29) is 12.1 Å². The first-order chi connectivity index (χ1) is 14.5. The average molecular weight is 427 g/mol. The Hall–Kier alpha value is -2.44. The van der Waals surface area contributed by atoms with E-state index < -0.39 is 7.60 Å². The second-order valence-electron chi connectivity index (χ2n) is 6.82. The Morgan fingerprint density at radius 1 is 0.967 bits per heavy atom. The summed E-state index contributed by atoms with van der Waals surface area (Å²) in [5, 5.41) is 0. The van der Waals surface area contributed by atoms with Crippen LogP contribution in [0.25, 0.3) is 12.2 Å². The molecule has 0 spiro atoms. The van der Waals surface area contributed by atoms with Crippen LogP contribution in [0.1, 0.15) is 25.0 Å². The van der Waals surface area contributed by atoms with E-state index in [0.717, 1.165) is 11.1 Å². The van der Waals surface area contributed by atoms with Gasteiger partial charge in [0.2, 0.25) is 0 Å². The van der Waals surface area contributed by atoms with Gasteiger partial charge in [-0.3, -0.25) is 24.2 Å². The van der Waals surface area contributed by atoms with Gasteiger partial charge in [0.25, 0.3) is 0 Å². The van der Waals surface area contributed by atoms with Gasteiger partial charge >= 0.3 is 7.60 Å². The fourth-order valence-electron chi connectivity index (χ4n) is 3.29. The van der Waals surface area contributed by atoms with Crippen LogP contribution >= 0.6 is 7.60 Å². The topological polar surface area (TPSA) is 81.6 Å². The minimum absolute atomic E-state index is 0.0402. The van der Waals surface area contributed by atoms with Gasteiger partial charge in [0.15, 0.2) is 5.78 Å². The first-order valence-electron chi connectivity index (χ1n) is 9.89. The van der Waals surface area contributed by atoms with Crippen molar-refractivity contribution >= 4 is 25.5 Å². The van der Waals surface area contributed by atoms with Crippen molar-refractivity contribution in [2.45, 2.75) is 13.8 Å². The molecule has 0 aromatic carbocycles. The SMILES string of the molecule is CCOP(=O)(CN1C/C(=C\c2cccnc2)C(=O)/C(=C/c2cccnc2)C1)OCC. The number of likely N-dealkylation sites (tertiary alicyclic amines) is 1. The van der Waals surface area contributed by atoms with E-state index in [0.29, 0.717) is 37.4 Å². The largest absolute Gasteiger partial charge is 0.344 e. The van der Waals surface area contributed by atoms with E-state index in [1.54, 1.807) is 38.6 Å². The highest BCUT2D eigenvalue weighted by Gasteiger charge is 2.33. The molecule has 1 aliphatic rings. The molecule has 0 unspecified atom stereocenters. The number of hydrogen-bond acceptors (Lipinski definition) is 7. The van der Waals surface area contributed by atoms with Gasteiger partial charge in [0.05, 0.1) is 13.2 Å². The molecule has 1 aliphatic heterocycles. The summed E-state index contributed by atoms with van der Waals surface area (Å²) >= 11 is 0. The van der Waals surface area contributed by atoms with Crippen molar-refractivity contribution in [1.82, 2.24) is 14.9 Å². The number of pyridine rings is 2. The predicted octanol–water partition coefficient (Wildman–Crippen LogP) is 4.05. The van der Waals surface area contributed by atoms with Crippen LogP contribution in [0.5, 0.6) is 0 Å². The number of rotatable bonds is 8. The van der Waals surface area contributed by atoms with Gasteiger partial charge in [-0.2, -0.15) is 0 Å². The van der Waals surface area contributed by atoms with Crippen molar-refractivity contribution in [3.8, 4) is 0 Å². The first kappa shape index (κ1) is 22.2. The summed E-state index contributed by atoms with van der Waals surface area (Å²) in [6, 6.07) is 7.43. The van der Waals surface area contributed by atoms with Gasteiger partial charge in [0, 0.05) is 49.0 Å². The molecule has 158 valence electrons. The summed E-state index contributed by atoms with van der Waals surface area (Å²) < 4.78 is 24.0. The average Bonchev–Trinajstić information content (AvgIpc) is 2.73. The van der Waals surface area contributed by atoms with Crippen molar-refractivity contribution < 1.29 is 18.4 Å². The maximum absolute atomic E-state index is 13.2. The van der Waals surface area contributed by atoms with Crippen molar-refractivity contribution in [3.05, 3.63) is 71.3 Å². The molecule has 8 heteroatoms. The lowest BCUT2D eigenvalue weighted by Crippen LogP contribution is -2.38. The molecule has 0 bridgehead atoms. The minimum Gasteiger partial charge on any atom is -0.308 e. The van der Waals surface area contributed by atoms with Gasteiger partial charge in [-0.05, 0) is 49.3 Å². The van der Waals surface area contributed by atoms with E-state index in [9.17, 15) is 9.36 Å². The second kappa shape index (κ2) is 10.5. The van der Waals surface area contributed by atoms with Crippen LogP contribution < -0.4 is 0 Å². The number of hydrogen-bond donors (Lipinski definition) is 0. The third-order valence-electron chi connectivity index (χ3n) is 4.45. The monoisotopic (exact) mass is 427 g/mol. The predicted molar refractivity (Wildman–Crippen MR) is 117 cm³/mol. The van der Waals surface area contributed by atoms with Crippen molar-refractivity contribution in [2.75, 3.05) is 32.6 Å². The van der Waals surface area contributed by atoms with Crippen LogP contribution in [-0.2, 0) is 18.4 Å². The number of piperidine rings is 1. The lowest BCUT2D eigenvalue weighted by molar-refractivity contribution is -0.113. The Bertz CT molecular complexity index is 889. The molecule has 7 nitrogen and oxygen atoms in total. The maximum atomic E-state index is 13.2. The molecule has 2 aromatic heterocycles. The van der Waals surface area contributed by atoms with Gasteiger partial charge < -0.3 is 9.05 Å². The first-order valence-corrected chi connectivity index (χ1v) is 11.6. The van der Waals surface area contributed by atoms with Crippen LogP contribution in [0.3, 0.4) is 0 Å². The molecule has 0 atom stereocenters. The molecule has 3 rings (SSSR count). The Morgan fingerprint density at radius 3 is 1.87 bits per heavy atom. The second-order valence-corrected chi connectivity index (χ2v) is 8.84. The van der Waals surface area contributed by atoms with E-state index in [1.807, 2.05) is 41.3 Å². The van der Waals surface area contributed by atoms with Crippen molar-refractivity contribution in [1.29, 1.82) is 0 Å². The Morgan fingerprint density at radius 2 is 1.47 bits per heavy atom. The summed E-state index contributed by atoms with van der Waals surface area (Å²) in [5.41, 5.74) is 2.87. The molecule has 0 aliphatic carbocycles. The molecule has 0 N–H and O–H groups in total. The summed E-state index contributed by atoms with van der Waals surface area (Å²) in [4.78, 5) is 23.3. The van der Waals surface area contributed by atoms with Crippen LogP contribution in [0.4, 0.5) is 0 Å². The summed E-state index contributed by atoms with van der Waals surface area (Å²) in [7, 11) is -3.29. The highest BCUT2D eigenvalue weighted by Crippen LogP contribution is 2.49. The molecular formula is C22H26N3O4P. The number of carbonyl (C=O) groups excluding carboxylic acids is 1. The van der Waals surface area contributed by atoms with Crippen molar-refractivity contribution in [3.63, 3.8) is 0 Å². The van der Waals surface area contributed by atoms with E-state index in [1.165, 1.54) is 0 Å². The standard InChI is InChI=1S/C22H26N3O4P/c1-3-28-30(27,29-4-2)17-25-15-20(11-18-7-5-9-23-13-18)22(26)21(16-25)12-19-8-6-10-24-14-19/h5-14H,3-4,15-17H2,1-2H3/b20-11+,21-12+. The number of nitrogens with zero attached hydrogens (tertiary/aromatic N) is 3. The quantitative estimate of drug-likeness (QED) is 0.464. The molecule has 0 amide bonds. The lowest BCUT2D eigenvalue weighted by Gasteiger charge is -2.32. The summed E-state index contributed by atoms with van der Waals surface area (Å²) in [6.45, 7) is 4.85. The molecule has 0 saturated carbocycles. The Balaban J connectivity index is 1.94. The summed E-state index contributed by atoms with van der Waals surface area (Å²) in [6.07, 6.45) is 10.5. The van der Waals surface area contributed by atoms with Gasteiger partial charge in [-0.25, -0.2) is 0 Å². The third-order valence-corrected chi connectivity index (χ3v) is 6.50. The number of ketones is 1. The molecule has 30 heavy (non-hydrogen) atoms. The van der Waals surface area contributed by atoms with E-state index >= 15 is 0 Å². The van der Waals surface area contributed by atoms with E-state index in [2.05, 4.69) is 9.97 Å². The molecule has 1 saturated heterocycles. The zero-order valence-corrected chi connectivity index (χ0v) is 18.1. The number of Topliss-reactive ketones (excluding diaryl/α,β-unsaturated/α-hetero) is 1. The van der Waals surface area contributed by atoms with Crippen molar-refractivity contribution in [2.24, 2.45) is 0 Å². The molecular weight excluding hydrogens is 401 g/mol. The third kappa shape index (κ3) is 6.03. The smallest absolute Gasteiger partial charge is 0.308 e. The molecule has 1 fully saturated rings. The molecule has 2 aromatic rings. The normalized spacial score (nSPS) is 18.3. The van der Waals surface area contributed by atoms with E-state index in [4.69, 9.17) is 9.05 Å². The fourth-order valence-corrected chi connectivity index (χ4v) is 5.01. The number of carbonyl (C=O) groups is 1. The molecule has 3 heterocycles. The zero-order chi connectivity index (χ0) is 21.4. The van der Waals surface area contributed by atoms with Crippen LogP contribution in [-0.4, -0.2) is 53.2 Å². The number of aromatic nitrogens is 2. The summed E-state index contributed by atoms with van der Waals surface area (Å²) in [5.74, 6) is -0.0402. The minimum atomic E-state index is -3.29. The van der Waals surface area contributed by atoms with Gasteiger partial charge in [0.1, 0.15) is 6.29 Å². The zero-order valence-electron chi connectivity index (χ0n) is 17.2. The fraction of sp³-hybridized carbons (Fsp3) is 0.318. The Kier molecular flexibility index (Phi) is 7.82. The maximum Gasteiger partial charge on any atom is 0.344 e. The van der Waals surface area contributed by atoms with Crippen LogP contribution in [0, 0.1) is 0 Å². The van der Waals surface area contributed by atoms with Gasteiger partial charge in [-0.1, -0.05) is 12.1 Å². The van der Waals surface area contributed by atoms with Crippen LogP contribution in [0.15, 0.2) is 60.2 Å². The lowest BCUT2D eigenvalue weighted by atomic mass is 9.95. The Labute approximate surface area is 177 Å². The molecule has 0 radical (unpaired) electrons. The highest BCUT2D eigenvalue weighted by molar-refractivity contribution is 7.53. The van der Waals surface area contributed by atoms with Crippen LogP contribution in [0.2, 0.25) is 0 Å². The highest BCUT2D eigenvalue weighted by atomic mass is 31.2.